The summed E-state index contributed by atoms with van der Waals surface area (Å²) in [7, 11) is -2.03. The Labute approximate surface area is 170 Å². The molecule has 0 bridgehead atoms. The number of para-hydroxylation sites is 2. The minimum atomic E-state index is -2.03. The van der Waals surface area contributed by atoms with Crippen LogP contribution >= 0.6 is 8.03 Å². The molecule has 0 aliphatic carbocycles. The van der Waals surface area contributed by atoms with E-state index in [2.05, 4.69) is 0 Å². The summed E-state index contributed by atoms with van der Waals surface area (Å²) in [4.78, 5) is 0. The molecular formula is C24H18O4P+. The molecule has 0 saturated carbocycles. The van der Waals surface area contributed by atoms with E-state index in [1.807, 2.05) is 60.7 Å². The second-order valence-electron chi connectivity index (χ2n) is 6.14. The molecule has 142 valence electrons. The van der Waals surface area contributed by atoms with Crippen molar-refractivity contribution in [3.05, 3.63) is 109 Å². The lowest BCUT2D eigenvalue weighted by atomic mass is 10.3. The van der Waals surface area contributed by atoms with Crippen LogP contribution < -0.4 is 19.3 Å². The monoisotopic (exact) mass is 401 g/mol. The summed E-state index contributed by atoms with van der Waals surface area (Å²) in [6.07, 6.45) is 0. The Bertz CT molecular complexity index is 1060. The Hall–Kier alpha value is -3.62. The summed E-state index contributed by atoms with van der Waals surface area (Å²) < 4.78 is 29.6. The average Bonchev–Trinajstić information content (AvgIpc) is 2.77. The normalized spacial score (nSPS) is 10.8. The summed E-state index contributed by atoms with van der Waals surface area (Å²) in [5, 5.41) is 0.588. The first-order chi connectivity index (χ1) is 14.3. The molecule has 4 aromatic rings. The molecule has 0 fully saturated rings. The van der Waals surface area contributed by atoms with E-state index in [1.165, 1.54) is 0 Å². The van der Waals surface area contributed by atoms with Crippen molar-refractivity contribution in [1.82, 2.24) is 0 Å². The van der Waals surface area contributed by atoms with Crippen molar-refractivity contribution >= 4 is 13.3 Å². The first-order valence-electron chi connectivity index (χ1n) is 9.07. The largest absolute Gasteiger partial charge is 0.597 e. The molecule has 0 aliphatic rings. The smallest absolute Gasteiger partial charge is 0.457 e. The highest BCUT2D eigenvalue weighted by Crippen LogP contribution is 2.30. The Morgan fingerprint density at radius 1 is 0.448 bits per heavy atom. The molecule has 4 rings (SSSR count). The van der Waals surface area contributed by atoms with Gasteiger partial charge < -0.3 is 9.47 Å². The molecule has 29 heavy (non-hydrogen) atoms. The van der Waals surface area contributed by atoms with Crippen LogP contribution in [0.25, 0.3) is 0 Å². The number of hydrogen-bond acceptors (Lipinski definition) is 4. The van der Waals surface area contributed by atoms with Crippen LogP contribution in [0.4, 0.5) is 0 Å². The van der Waals surface area contributed by atoms with Crippen LogP contribution in [0.3, 0.4) is 0 Å². The van der Waals surface area contributed by atoms with Crippen LogP contribution in [-0.4, -0.2) is 0 Å². The van der Waals surface area contributed by atoms with E-state index in [0.29, 0.717) is 22.6 Å². The van der Waals surface area contributed by atoms with Crippen molar-refractivity contribution in [3.63, 3.8) is 0 Å². The molecule has 0 radical (unpaired) electrons. The predicted octanol–water partition coefficient (Wildman–Crippen LogP) is 6.72. The van der Waals surface area contributed by atoms with Gasteiger partial charge in [-0.2, -0.15) is 0 Å². The lowest BCUT2D eigenvalue weighted by molar-refractivity contribution is 0.479. The maximum atomic E-state index is 12.5. The average molecular weight is 401 g/mol. The zero-order chi connectivity index (χ0) is 19.9. The van der Waals surface area contributed by atoms with E-state index >= 15 is 0 Å². The topological polar surface area (TPSA) is 44.8 Å². The highest BCUT2D eigenvalue weighted by atomic mass is 31.1. The lowest BCUT2D eigenvalue weighted by Gasteiger charge is -2.05. The minimum Gasteiger partial charge on any atom is -0.457 e. The molecule has 0 aliphatic heterocycles. The molecule has 1 unspecified atom stereocenters. The summed E-state index contributed by atoms with van der Waals surface area (Å²) >= 11 is 0. The summed E-state index contributed by atoms with van der Waals surface area (Å²) in [6, 6.07) is 33.1. The van der Waals surface area contributed by atoms with Crippen LogP contribution in [0.15, 0.2) is 109 Å². The SMILES string of the molecule is O=[P+](Oc1ccc(Oc2ccccc2)cc1)c1ccc(Oc2ccccc2)cc1. The molecule has 1 atom stereocenters. The van der Waals surface area contributed by atoms with Crippen LogP contribution in [0.1, 0.15) is 0 Å². The fourth-order valence-electron chi connectivity index (χ4n) is 2.60. The fraction of sp³-hybridized carbons (Fsp3) is 0. The van der Waals surface area contributed by atoms with Gasteiger partial charge in [0.25, 0.3) is 0 Å². The van der Waals surface area contributed by atoms with E-state index in [4.69, 9.17) is 14.0 Å². The lowest BCUT2D eigenvalue weighted by Crippen LogP contribution is -1.99. The third-order valence-electron chi connectivity index (χ3n) is 4.02. The molecule has 0 heterocycles. The quantitative estimate of drug-likeness (QED) is 0.323. The van der Waals surface area contributed by atoms with Crippen LogP contribution in [-0.2, 0) is 4.57 Å². The first-order valence-corrected chi connectivity index (χ1v) is 10.3. The second kappa shape index (κ2) is 9.05. The number of rotatable bonds is 7. The van der Waals surface area contributed by atoms with Gasteiger partial charge in [0.05, 0.1) is 0 Å². The molecular weight excluding hydrogens is 383 g/mol. The van der Waals surface area contributed by atoms with Gasteiger partial charge >= 0.3 is 8.03 Å². The zero-order valence-corrected chi connectivity index (χ0v) is 16.4. The molecule has 4 nitrogen and oxygen atoms in total. The molecule has 0 N–H and O–H groups in total. The third kappa shape index (κ3) is 5.22. The Morgan fingerprint density at radius 3 is 1.31 bits per heavy atom. The molecule has 0 amide bonds. The van der Waals surface area contributed by atoms with Gasteiger partial charge in [-0.3, -0.25) is 4.52 Å². The van der Waals surface area contributed by atoms with E-state index in [9.17, 15) is 4.57 Å². The fourth-order valence-corrected chi connectivity index (χ4v) is 3.41. The summed E-state index contributed by atoms with van der Waals surface area (Å²) in [5.74, 6) is 3.37. The molecule has 4 aromatic carbocycles. The van der Waals surface area contributed by atoms with Gasteiger partial charge in [0.2, 0.25) is 5.30 Å². The predicted molar refractivity (Wildman–Crippen MR) is 114 cm³/mol. The standard InChI is InChI=1S/C24H18O4P/c25-29(24-17-15-22(16-18-24)27-20-9-5-2-6-10-20)28-23-13-11-21(12-14-23)26-19-7-3-1-4-8-19/h1-18H/q+1. The first kappa shape index (κ1) is 18.7. The van der Waals surface area contributed by atoms with E-state index < -0.39 is 8.03 Å². The summed E-state index contributed by atoms with van der Waals surface area (Å²) in [6.45, 7) is 0. The molecule has 0 saturated heterocycles. The van der Waals surface area contributed by atoms with Gasteiger partial charge in [-0.25, -0.2) is 0 Å². The van der Waals surface area contributed by atoms with Gasteiger partial charge in [0, 0.05) is 0 Å². The number of hydrogen-bond donors (Lipinski definition) is 0. The number of benzene rings is 4. The van der Waals surface area contributed by atoms with Gasteiger partial charge in [-0.1, -0.05) is 36.4 Å². The van der Waals surface area contributed by atoms with Crippen molar-refractivity contribution in [2.24, 2.45) is 0 Å². The van der Waals surface area contributed by atoms with E-state index in [0.717, 1.165) is 11.5 Å². The van der Waals surface area contributed by atoms with Crippen LogP contribution in [0.2, 0.25) is 0 Å². The van der Waals surface area contributed by atoms with Gasteiger partial charge in [-0.05, 0) is 77.4 Å². The minimum absolute atomic E-state index is 0.510. The van der Waals surface area contributed by atoms with E-state index in [-0.39, 0.29) is 0 Å². The molecule has 0 spiro atoms. The number of ether oxygens (including phenoxy) is 2. The van der Waals surface area contributed by atoms with Gasteiger partial charge in [0.15, 0.2) is 5.75 Å². The van der Waals surface area contributed by atoms with Crippen LogP contribution in [0.5, 0.6) is 28.7 Å². The van der Waals surface area contributed by atoms with Crippen LogP contribution in [0, 0.1) is 0 Å². The van der Waals surface area contributed by atoms with Crippen molar-refractivity contribution in [3.8, 4) is 28.7 Å². The second-order valence-corrected chi connectivity index (χ2v) is 7.36. The third-order valence-corrected chi connectivity index (χ3v) is 5.11. The zero-order valence-electron chi connectivity index (χ0n) is 15.5. The van der Waals surface area contributed by atoms with E-state index in [1.54, 1.807) is 48.5 Å². The van der Waals surface area contributed by atoms with Gasteiger partial charge in [0.1, 0.15) is 23.0 Å². The Kier molecular flexibility index (Phi) is 5.84. The maximum Gasteiger partial charge on any atom is 0.597 e. The summed E-state index contributed by atoms with van der Waals surface area (Å²) in [5.41, 5.74) is 0. The Morgan fingerprint density at radius 2 is 0.828 bits per heavy atom. The maximum absolute atomic E-state index is 12.5. The van der Waals surface area contributed by atoms with Crippen molar-refractivity contribution in [2.75, 3.05) is 0 Å². The van der Waals surface area contributed by atoms with Crippen molar-refractivity contribution in [2.45, 2.75) is 0 Å². The highest BCUT2D eigenvalue weighted by molar-refractivity contribution is 7.48. The molecule has 0 aromatic heterocycles. The highest BCUT2D eigenvalue weighted by Gasteiger charge is 2.23. The van der Waals surface area contributed by atoms with Crippen molar-refractivity contribution in [1.29, 1.82) is 0 Å². The molecule has 5 heteroatoms. The van der Waals surface area contributed by atoms with Gasteiger partial charge in [-0.15, -0.1) is 0 Å². The Balaban J connectivity index is 1.36. The van der Waals surface area contributed by atoms with Crippen molar-refractivity contribution < 1.29 is 18.6 Å².